The molecule has 7 heteroatoms. The summed E-state index contributed by atoms with van der Waals surface area (Å²) in [6.07, 6.45) is 2.95. The van der Waals surface area contributed by atoms with Crippen molar-refractivity contribution in [1.29, 1.82) is 0 Å². The van der Waals surface area contributed by atoms with E-state index in [1.807, 2.05) is 36.4 Å². The second kappa shape index (κ2) is 14.1. The molecule has 1 N–H and O–H groups in total. The Kier molecular flexibility index (Phi) is 11.2. The maximum Gasteiger partial charge on any atom is 0.189 e. The monoisotopic (exact) mass is 466 g/mol. The number of aliphatic hydroxyl groups excluding tert-OH is 1. The van der Waals surface area contributed by atoms with E-state index in [-0.39, 0.29) is 13.2 Å². The lowest BCUT2D eigenvalue weighted by molar-refractivity contribution is -0.510. The van der Waals surface area contributed by atoms with E-state index in [4.69, 9.17) is 9.47 Å². The molecule has 2 aromatic rings. The van der Waals surface area contributed by atoms with Crippen LogP contribution in [0.5, 0.6) is 0 Å². The van der Waals surface area contributed by atoms with Crippen LogP contribution in [0.2, 0.25) is 0 Å². The van der Waals surface area contributed by atoms with E-state index in [2.05, 4.69) is 13.2 Å². The predicted molar refractivity (Wildman–Crippen MR) is 135 cm³/mol. The number of hydrogen-bond donors (Lipinski definition) is 1. The summed E-state index contributed by atoms with van der Waals surface area (Å²) >= 11 is 0. The maximum absolute atomic E-state index is 13.0. The molecular weight excluding hydrogens is 432 g/mol. The van der Waals surface area contributed by atoms with Gasteiger partial charge >= 0.3 is 0 Å². The molecule has 182 valence electrons. The molecule has 0 aromatic heterocycles. The quantitative estimate of drug-likeness (QED) is 0.148. The first-order chi connectivity index (χ1) is 16.4. The summed E-state index contributed by atoms with van der Waals surface area (Å²) in [5, 5.41) is 36.6. The van der Waals surface area contributed by atoms with Gasteiger partial charge in [-0.2, -0.15) is 0 Å². The maximum atomic E-state index is 13.0. The molecule has 34 heavy (non-hydrogen) atoms. The van der Waals surface area contributed by atoms with Gasteiger partial charge < -0.3 is 25.0 Å². The van der Waals surface area contributed by atoms with Gasteiger partial charge in [-0.3, -0.25) is 0 Å². The SMILES string of the molecule is C=CCO[C@@H](/C=[N+](\[O-])[C@@H](C)c1ccccc1)[C@H](/C=[N+](\[O-])[C@@H](C)[C@H](O)c1ccccc1)OCC=C. The summed E-state index contributed by atoms with van der Waals surface area (Å²) in [7, 11) is 0. The van der Waals surface area contributed by atoms with Crippen molar-refractivity contribution in [3.05, 3.63) is 108 Å². The van der Waals surface area contributed by atoms with Crippen molar-refractivity contribution in [2.75, 3.05) is 13.2 Å². The molecule has 2 aromatic carbocycles. The summed E-state index contributed by atoms with van der Waals surface area (Å²) < 4.78 is 13.0. The number of nitrogens with zero attached hydrogens (tertiary/aromatic N) is 2. The third-order valence-corrected chi connectivity index (χ3v) is 5.39. The molecule has 7 nitrogen and oxygen atoms in total. The smallest absolute Gasteiger partial charge is 0.189 e. The Balaban J connectivity index is 2.33. The first-order valence-corrected chi connectivity index (χ1v) is 11.2. The normalized spacial score (nSPS) is 16.8. The van der Waals surface area contributed by atoms with E-state index in [0.29, 0.717) is 10.3 Å². The second-order valence-electron chi connectivity index (χ2n) is 7.87. The highest BCUT2D eigenvalue weighted by molar-refractivity contribution is 5.70. The summed E-state index contributed by atoms with van der Waals surface area (Å²) in [6.45, 7) is 11.0. The fourth-order valence-corrected chi connectivity index (χ4v) is 3.30. The van der Waals surface area contributed by atoms with E-state index in [1.54, 1.807) is 50.3 Å². The third kappa shape index (κ3) is 7.95. The number of hydrogen-bond acceptors (Lipinski definition) is 5. The molecule has 0 aliphatic heterocycles. The van der Waals surface area contributed by atoms with Crippen LogP contribution in [0.4, 0.5) is 0 Å². The Morgan fingerprint density at radius 1 is 0.794 bits per heavy atom. The van der Waals surface area contributed by atoms with Crippen molar-refractivity contribution in [2.45, 2.75) is 44.2 Å². The zero-order chi connectivity index (χ0) is 24.9. The molecule has 0 fully saturated rings. The number of aliphatic hydroxyl groups is 1. The van der Waals surface area contributed by atoms with Gasteiger partial charge in [-0.15, -0.1) is 13.2 Å². The van der Waals surface area contributed by atoms with Gasteiger partial charge in [-0.25, -0.2) is 9.48 Å². The molecule has 0 amide bonds. The molecule has 0 aliphatic rings. The second-order valence-corrected chi connectivity index (χ2v) is 7.87. The van der Waals surface area contributed by atoms with Crippen LogP contribution in [0.15, 0.2) is 86.0 Å². The van der Waals surface area contributed by atoms with Crippen molar-refractivity contribution in [2.24, 2.45) is 0 Å². The van der Waals surface area contributed by atoms with Crippen LogP contribution in [0, 0.1) is 10.4 Å². The molecule has 5 atom stereocenters. The molecule has 0 aliphatic carbocycles. The minimum absolute atomic E-state index is 0.138. The average Bonchev–Trinajstić information content (AvgIpc) is 2.88. The molecule has 0 saturated carbocycles. The first-order valence-electron chi connectivity index (χ1n) is 11.2. The Morgan fingerprint density at radius 3 is 1.71 bits per heavy atom. The Labute approximate surface area is 201 Å². The summed E-state index contributed by atoms with van der Waals surface area (Å²) in [6, 6.07) is 17.0. The van der Waals surface area contributed by atoms with Gasteiger partial charge in [-0.05, 0) is 5.56 Å². The van der Waals surface area contributed by atoms with Crippen LogP contribution in [0.3, 0.4) is 0 Å². The molecule has 0 spiro atoms. The Morgan fingerprint density at radius 2 is 1.24 bits per heavy atom. The lowest BCUT2D eigenvalue weighted by Gasteiger charge is -2.24. The van der Waals surface area contributed by atoms with Gasteiger partial charge in [0, 0.05) is 19.4 Å². The minimum Gasteiger partial charge on any atom is -0.624 e. The highest BCUT2D eigenvalue weighted by atomic mass is 16.5. The highest BCUT2D eigenvalue weighted by Crippen LogP contribution is 2.19. The van der Waals surface area contributed by atoms with Gasteiger partial charge in [0.15, 0.2) is 36.7 Å². The fraction of sp³-hybridized carbons (Fsp3) is 0.333. The molecule has 0 radical (unpaired) electrons. The number of benzene rings is 2. The molecular formula is C27H34N2O5. The Hall–Kier alpha value is -3.26. The molecule has 0 heterocycles. The largest absolute Gasteiger partial charge is 0.624 e. The molecule has 0 unspecified atom stereocenters. The summed E-state index contributed by atoms with van der Waals surface area (Å²) in [4.78, 5) is 0. The minimum atomic E-state index is -1.01. The van der Waals surface area contributed by atoms with Crippen LogP contribution < -0.4 is 0 Å². The number of rotatable bonds is 14. The summed E-state index contributed by atoms with van der Waals surface area (Å²) in [5.74, 6) is 0. The molecule has 2 rings (SSSR count). The van der Waals surface area contributed by atoms with Gasteiger partial charge in [0.1, 0.15) is 6.10 Å². The third-order valence-electron chi connectivity index (χ3n) is 5.39. The fourth-order valence-electron chi connectivity index (χ4n) is 3.30. The zero-order valence-corrected chi connectivity index (χ0v) is 19.8. The lowest BCUT2D eigenvalue weighted by Crippen LogP contribution is -2.40. The van der Waals surface area contributed by atoms with Crippen molar-refractivity contribution in [3.8, 4) is 0 Å². The van der Waals surface area contributed by atoms with Crippen LogP contribution >= 0.6 is 0 Å². The topological polar surface area (TPSA) is 90.8 Å². The van der Waals surface area contributed by atoms with Crippen LogP contribution in [-0.2, 0) is 9.47 Å². The van der Waals surface area contributed by atoms with Crippen LogP contribution in [0.25, 0.3) is 0 Å². The molecule has 0 saturated heterocycles. The van der Waals surface area contributed by atoms with Crippen molar-refractivity contribution in [1.82, 2.24) is 0 Å². The van der Waals surface area contributed by atoms with Crippen molar-refractivity contribution >= 4 is 12.4 Å². The van der Waals surface area contributed by atoms with E-state index < -0.39 is 30.4 Å². The van der Waals surface area contributed by atoms with E-state index in [0.717, 1.165) is 10.3 Å². The van der Waals surface area contributed by atoms with Gasteiger partial charge in [0.2, 0.25) is 0 Å². The van der Waals surface area contributed by atoms with Gasteiger partial charge in [0.25, 0.3) is 0 Å². The first kappa shape index (κ1) is 27.0. The van der Waals surface area contributed by atoms with Gasteiger partial charge in [-0.1, -0.05) is 72.8 Å². The number of hydroxylamine groups is 2. The van der Waals surface area contributed by atoms with Crippen molar-refractivity contribution in [3.63, 3.8) is 0 Å². The van der Waals surface area contributed by atoms with E-state index in [1.165, 1.54) is 12.4 Å². The zero-order valence-electron chi connectivity index (χ0n) is 19.8. The average molecular weight is 467 g/mol. The van der Waals surface area contributed by atoms with Crippen LogP contribution in [-0.4, -0.2) is 58.5 Å². The Bertz CT molecular complexity index is 946. The molecule has 0 bridgehead atoms. The standard InChI is InChI=1S/C27H34N2O5/c1-5-17-33-25(19-28(31)21(3)23-13-9-7-10-14-23)26(34-18-6-2)20-29(32)22(4)27(30)24-15-11-8-12-16-24/h5-16,19-22,25-27,30H,1-2,17-18H2,3-4H3/b28-19-,29-20-/t21-,22-,25-,26-,27-/m0/s1. The van der Waals surface area contributed by atoms with Gasteiger partial charge in [0.05, 0.1) is 13.2 Å². The predicted octanol–water partition coefficient (Wildman–Crippen LogP) is 4.17. The highest BCUT2D eigenvalue weighted by Gasteiger charge is 2.30. The number of ether oxygens (including phenoxy) is 2. The van der Waals surface area contributed by atoms with Crippen molar-refractivity contribution < 1.29 is 24.1 Å². The van der Waals surface area contributed by atoms with E-state index in [9.17, 15) is 15.5 Å². The van der Waals surface area contributed by atoms with Crippen LogP contribution in [0.1, 0.15) is 37.1 Å². The van der Waals surface area contributed by atoms with E-state index >= 15 is 0 Å². The lowest BCUT2D eigenvalue weighted by atomic mass is 10.0. The summed E-state index contributed by atoms with van der Waals surface area (Å²) in [5.41, 5.74) is 1.47.